The van der Waals surface area contributed by atoms with Crippen molar-refractivity contribution in [2.45, 2.75) is 18.9 Å². The third kappa shape index (κ3) is 6.16. The molecule has 0 aliphatic heterocycles. The summed E-state index contributed by atoms with van der Waals surface area (Å²) in [6, 6.07) is 4.97. The molecule has 1 rings (SSSR count). The van der Waals surface area contributed by atoms with Crippen molar-refractivity contribution in [3.05, 3.63) is 39.9 Å². The normalized spacial score (nSPS) is 13.9. The second kappa shape index (κ2) is 7.45. The van der Waals surface area contributed by atoms with E-state index in [-0.39, 0.29) is 6.54 Å². The van der Waals surface area contributed by atoms with E-state index in [2.05, 4.69) is 5.32 Å². The fourth-order valence-corrected chi connectivity index (χ4v) is 2.08. The highest BCUT2D eigenvalue weighted by Crippen LogP contribution is 2.25. The Hall–Kier alpha value is -1.56. The lowest BCUT2D eigenvalue weighted by Gasteiger charge is -2.20. The zero-order valence-corrected chi connectivity index (χ0v) is 12.8. The Morgan fingerprint density at radius 3 is 2.43 bits per heavy atom. The fraction of sp³-hybridized carbons (Fsp3) is 0.286. The Labute approximate surface area is 132 Å². The number of carbonyl (C=O) groups is 2. The predicted molar refractivity (Wildman–Crippen MR) is 81.4 cm³/mol. The van der Waals surface area contributed by atoms with Crippen molar-refractivity contribution in [2.75, 3.05) is 6.54 Å². The van der Waals surface area contributed by atoms with Crippen molar-refractivity contribution >= 4 is 41.2 Å². The summed E-state index contributed by atoms with van der Waals surface area (Å²) in [7, 11) is 0. The molecule has 0 spiro atoms. The summed E-state index contributed by atoms with van der Waals surface area (Å²) in [5.41, 5.74) is -1.01. The molecule has 0 fully saturated rings. The van der Waals surface area contributed by atoms with Gasteiger partial charge in [-0.25, -0.2) is 0 Å². The molecule has 0 saturated heterocycles. The van der Waals surface area contributed by atoms with Gasteiger partial charge in [0.2, 0.25) is 5.91 Å². The summed E-state index contributed by atoms with van der Waals surface area (Å²) in [5, 5.41) is 21.6. The minimum absolute atomic E-state index is 0.182. The van der Waals surface area contributed by atoms with Crippen molar-refractivity contribution in [3.63, 3.8) is 0 Å². The molecule has 1 aromatic carbocycles. The van der Waals surface area contributed by atoms with E-state index in [1.807, 2.05) is 0 Å². The van der Waals surface area contributed by atoms with Crippen LogP contribution in [-0.4, -0.2) is 34.2 Å². The molecule has 1 aromatic rings. The monoisotopic (exact) mass is 331 g/mol. The molecule has 1 amide bonds. The van der Waals surface area contributed by atoms with Gasteiger partial charge in [0, 0.05) is 28.2 Å². The van der Waals surface area contributed by atoms with Gasteiger partial charge in [-0.15, -0.1) is 0 Å². The number of benzene rings is 1. The molecule has 1 atom stereocenters. The third-order valence-corrected chi connectivity index (χ3v) is 3.24. The van der Waals surface area contributed by atoms with Gasteiger partial charge in [0.25, 0.3) is 0 Å². The minimum Gasteiger partial charge on any atom is -0.481 e. The first-order chi connectivity index (χ1) is 9.71. The Morgan fingerprint density at radius 2 is 1.90 bits per heavy atom. The smallest absolute Gasteiger partial charge is 0.306 e. The second-order valence-electron chi connectivity index (χ2n) is 4.75. The Balaban J connectivity index is 2.62. The number of halogens is 2. The van der Waals surface area contributed by atoms with Gasteiger partial charge in [0.05, 0.1) is 12.0 Å². The van der Waals surface area contributed by atoms with Crippen molar-refractivity contribution in [1.29, 1.82) is 0 Å². The van der Waals surface area contributed by atoms with Crippen molar-refractivity contribution in [1.82, 2.24) is 5.32 Å². The van der Waals surface area contributed by atoms with Crippen LogP contribution in [0.4, 0.5) is 0 Å². The lowest BCUT2D eigenvalue weighted by Crippen LogP contribution is -2.41. The molecule has 0 aromatic heterocycles. The molecule has 0 saturated carbocycles. The number of aliphatic hydroxyl groups is 1. The molecule has 0 aliphatic rings. The summed E-state index contributed by atoms with van der Waals surface area (Å²) >= 11 is 11.9. The SMILES string of the molecule is CC(O)(CNC(=O)C=Cc1c(Cl)cccc1Cl)CC(=O)O. The van der Waals surface area contributed by atoms with E-state index < -0.39 is 23.9 Å². The first-order valence-corrected chi connectivity index (χ1v) is 6.81. The number of hydrogen-bond acceptors (Lipinski definition) is 3. The van der Waals surface area contributed by atoms with E-state index in [0.717, 1.165) is 0 Å². The zero-order valence-electron chi connectivity index (χ0n) is 11.3. The van der Waals surface area contributed by atoms with Gasteiger partial charge >= 0.3 is 5.97 Å². The van der Waals surface area contributed by atoms with Crippen molar-refractivity contribution in [2.24, 2.45) is 0 Å². The summed E-state index contributed by atoms with van der Waals surface area (Å²) in [5.74, 6) is -1.63. The maximum Gasteiger partial charge on any atom is 0.306 e. The van der Waals surface area contributed by atoms with Gasteiger partial charge in [0.15, 0.2) is 0 Å². The van der Waals surface area contributed by atoms with E-state index in [0.29, 0.717) is 15.6 Å². The summed E-state index contributed by atoms with van der Waals surface area (Å²) < 4.78 is 0. The molecule has 114 valence electrons. The molecule has 21 heavy (non-hydrogen) atoms. The number of aliphatic carboxylic acids is 1. The number of nitrogens with one attached hydrogen (secondary N) is 1. The highest BCUT2D eigenvalue weighted by molar-refractivity contribution is 6.37. The summed E-state index contributed by atoms with van der Waals surface area (Å²) in [6.07, 6.45) is 2.20. The lowest BCUT2D eigenvalue weighted by molar-refractivity contribution is -0.142. The summed E-state index contributed by atoms with van der Waals surface area (Å²) in [4.78, 5) is 22.2. The van der Waals surface area contributed by atoms with Crippen LogP contribution in [-0.2, 0) is 9.59 Å². The van der Waals surface area contributed by atoms with Crippen LogP contribution < -0.4 is 5.32 Å². The predicted octanol–water partition coefficient (Wildman–Crippen LogP) is 2.35. The van der Waals surface area contributed by atoms with Crippen molar-refractivity contribution < 1.29 is 19.8 Å². The minimum atomic E-state index is -1.52. The molecule has 1 unspecified atom stereocenters. The van der Waals surface area contributed by atoms with Gasteiger partial charge in [-0.3, -0.25) is 9.59 Å². The molecule has 0 heterocycles. The fourth-order valence-electron chi connectivity index (χ4n) is 1.55. The number of amides is 1. The van der Waals surface area contributed by atoms with Gasteiger partial charge < -0.3 is 15.5 Å². The number of carbonyl (C=O) groups excluding carboxylic acids is 1. The van der Waals surface area contributed by atoms with Crippen LogP contribution in [0, 0.1) is 0 Å². The van der Waals surface area contributed by atoms with Crippen molar-refractivity contribution in [3.8, 4) is 0 Å². The second-order valence-corrected chi connectivity index (χ2v) is 5.57. The Morgan fingerprint density at radius 1 is 1.33 bits per heavy atom. The van der Waals surface area contributed by atoms with Crippen LogP contribution in [0.2, 0.25) is 10.0 Å². The standard InChI is InChI=1S/C14H15Cl2NO4/c1-14(21,7-13(19)20)8-17-12(18)6-5-9-10(15)3-2-4-11(9)16/h2-6,21H,7-8H2,1H3,(H,17,18)(H,19,20). The van der Waals surface area contributed by atoms with Gasteiger partial charge in [-0.05, 0) is 25.1 Å². The molecule has 0 bridgehead atoms. The topological polar surface area (TPSA) is 86.6 Å². The van der Waals surface area contributed by atoms with E-state index in [4.69, 9.17) is 28.3 Å². The number of rotatable bonds is 6. The summed E-state index contributed by atoms with van der Waals surface area (Å²) in [6.45, 7) is 1.15. The number of carboxylic acids is 1. The first kappa shape index (κ1) is 17.5. The van der Waals surface area contributed by atoms with Crippen LogP contribution in [0.5, 0.6) is 0 Å². The van der Waals surface area contributed by atoms with Gasteiger partial charge in [0.1, 0.15) is 0 Å². The molecular weight excluding hydrogens is 317 g/mol. The maximum atomic E-state index is 11.6. The quantitative estimate of drug-likeness (QED) is 0.698. The molecule has 3 N–H and O–H groups in total. The van der Waals surface area contributed by atoms with Crippen LogP contribution in [0.25, 0.3) is 6.08 Å². The number of carboxylic acid groups (broad SMARTS) is 1. The van der Waals surface area contributed by atoms with E-state index in [1.165, 1.54) is 19.1 Å². The average molecular weight is 332 g/mol. The average Bonchev–Trinajstić information content (AvgIpc) is 2.34. The molecule has 0 aliphatic carbocycles. The highest BCUT2D eigenvalue weighted by Gasteiger charge is 2.24. The Kier molecular flexibility index (Phi) is 6.20. The largest absolute Gasteiger partial charge is 0.481 e. The Bertz CT molecular complexity index is 550. The molecule has 7 heteroatoms. The van der Waals surface area contributed by atoms with Crippen LogP contribution in [0.3, 0.4) is 0 Å². The van der Waals surface area contributed by atoms with Crippen LogP contribution >= 0.6 is 23.2 Å². The van der Waals surface area contributed by atoms with Gasteiger partial charge in [-0.1, -0.05) is 29.3 Å². The van der Waals surface area contributed by atoms with E-state index in [9.17, 15) is 14.7 Å². The lowest BCUT2D eigenvalue weighted by atomic mass is 10.0. The van der Waals surface area contributed by atoms with Gasteiger partial charge in [-0.2, -0.15) is 0 Å². The first-order valence-electron chi connectivity index (χ1n) is 6.05. The molecular formula is C14H15Cl2NO4. The van der Waals surface area contributed by atoms with E-state index in [1.54, 1.807) is 18.2 Å². The van der Waals surface area contributed by atoms with Crippen LogP contribution in [0.1, 0.15) is 18.9 Å². The van der Waals surface area contributed by atoms with E-state index >= 15 is 0 Å². The maximum absolute atomic E-state index is 11.6. The number of hydrogen-bond donors (Lipinski definition) is 3. The third-order valence-electron chi connectivity index (χ3n) is 2.58. The highest BCUT2D eigenvalue weighted by atomic mass is 35.5. The molecule has 0 radical (unpaired) electrons. The molecule has 5 nitrogen and oxygen atoms in total. The van der Waals surface area contributed by atoms with Crippen LogP contribution in [0.15, 0.2) is 24.3 Å². The zero-order chi connectivity index (χ0) is 16.0.